The van der Waals surface area contributed by atoms with Crippen LogP contribution in [0.3, 0.4) is 0 Å². The molecule has 0 aromatic carbocycles. The SMILES string of the molecule is CCC(C)(CC)NCC(=O)NC1CCOCC1. The molecule has 0 bridgehead atoms. The average Bonchev–Trinajstić information content (AvgIpc) is 2.37. The Bertz CT molecular complexity index is 234. The number of amides is 1. The third-order valence-electron chi connectivity index (χ3n) is 3.82. The molecule has 1 fully saturated rings. The van der Waals surface area contributed by atoms with Gasteiger partial charge in [0, 0.05) is 24.8 Å². The number of nitrogens with one attached hydrogen (secondary N) is 2. The normalized spacial score (nSPS) is 18.1. The molecule has 0 aromatic rings. The first-order chi connectivity index (χ1) is 8.09. The minimum absolute atomic E-state index is 0.0764. The van der Waals surface area contributed by atoms with E-state index < -0.39 is 0 Å². The minimum atomic E-state index is 0.0764. The van der Waals surface area contributed by atoms with Crippen LogP contribution in [0.15, 0.2) is 0 Å². The molecule has 1 aliphatic rings. The first kappa shape index (κ1) is 14.5. The van der Waals surface area contributed by atoms with Crippen LogP contribution in [0, 0.1) is 0 Å². The molecular weight excluding hydrogens is 216 g/mol. The van der Waals surface area contributed by atoms with Gasteiger partial charge in [-0.25, -0.2) is 0 Å². The highest BCUT2D eigenvalue weighted by atomic mass is 16.5. The minimum Gasteiger partial charge on any atom is -0.381 e. The highest BCUT2D eigenvalue weighted by Gasteiger charge is 2.21. The summed E-state index contributed by atoms with van der Waals surface area (Å²) in [6.45, 7) is 8.39. The third-order valence-corrected chi connectivity index (χ3v) is 3.82. The summed E-state index contributed by atoms with van der Waals surface area (Å²) in [5.74, 6) is 0.102. The monoisotopic (exact) mass is 242 g/mol. The number of carbonyl (C=O) groups is 1. The van der Waals surface area contributed by atoms with Gasteiger partial charge in [0.05, 0.1) is 6.54 Å². The summed E-state index contributed by atoms with van der Waals surface area (Å²) < 4.78 is 5.26. The highest BCUT2D eigenvalue weighted by molar-refractivity contribution is 5.78. The number of carbonyl (C=O) groups excluding carboxylic acids is 1. The van der Waals surface area contributed by atoms with E-state index in [2.05, 4.69) is 31.4 Å². The van der Waals surface area contributed by atoms with Crippen molar-refractivity contribution in [1.82, 2.24) is 10.6 Å². The maximum absolute atomic E-state index is 11.8. The standard InChI is InChI=1S/C13H26N2O2/c1-4-13(3,5-2)14-10-12(16)15-11-6-8-17-9-7-11/h11,14H,4-10H2,1-3H3,(H,15,16). The zero-order valence-corrected chi connectivity index (χ0v) is 11.3. The summed E-state index contributed by atoms with van der Waals surface area (Å²) in [6.07, 6.45) is 3.94. The molecule has 4 heteroatoms. The van der Waals surface area contributed by atoms with E-state index in [-0.39, 0.29) is 11.4 Å². The van der Waals surface area contributed by atoms with Crippen molar-refractivity contribution in [3.05, 3.63) is 0 Å². The van der Waals surface area contributed by atoms with Crippen LogP contribution in [0.4, 0.5) is 0 Å². The van der Waals surface area contributed by atoms with E-state index in [4.69, 9.17) is 4.74 Å². The van der Waals surface area contributed by atoms with E-state index in [1.165, 1.54) is 0 Å². The molecule has 4 nitrogen and oxygen atoms in total. The van der Waals surface area contributed by atoms with Crippen LogP contribution in [-0.2, 0) is 9.53 Å². The lowest BCUT2D eigenvalue weighted by molar-refractivity contribution is -0.121. The van der Waals surface area contributed by atoms with Gasteiger partial charge in [0.2, 0.25) is 5.91 Å². The molecule has 0 atom stereocenters. The molecule has 1 amide bonds. The topological polar surface area (TPSA) is 50.4 Å². The Morgan fingerprint density at radius 1 is 1.29 bits per heavy atom. The van der Waals surface area contributed by atoms with E-state index in [0.717, 1.165) is 38.9 Å². The lowest BCUT2D eigenvalue weighted by atomic mass is 9.95. The second kappa shape index (κ2) is 6.97. The zero-order chi connectivity index (χ0) is 12.7. The van der Waals surface area contributed by atoms with E-state index in [0.29, 0.717) is 12.6 Å². The predicted octanol–water partition coefficient (Wildman–Crippen LogP) is 1.45. The molecule has 0 saturated carbocycles. The Morgan fingerprint density at radius 3 is 2.41 bits per heavy atom. The Balaban J connectivity index is 2.24. The largest absolute Gasteiger partial charge is 0.381 e. The molecule has 2 N–H and O–H groups in total. The van der Waals surface area contributed by atoms with Crippen LogP contribution in [-0.4, -0.2) is 37.2 Å². The van der Waals surface area contributed by atoms with Gasteiger partial charge in [-0.3, -0.25) is 4.79 Å². The number of ether oxygens (including phenoxy) is 1. The highest BCUT2D eigenvalue weighted by Crippen LogP contribution is 2.12. The summed E-state index contributed by atoms with van der Waals surface area (Å²) >= 11 is 0. The van der Waals surface area contributed by atoms with Crippen molar-refractivity contribution in [2.24, 2.45) is 0 Å². The summed E-state index contributed by atoms with van der Waals surface area (Å²) in [7, 11) is 0. The molecule has 1 rings (SSSR count). The van der Waals surface area contributed by atoms with Gasteiger partial charge in [-0.2, -0.15) is 0 Å². The van der Waals surface area contributed by atoms with Gasteiger partial charge in [0.15, 0.2) is 0 Å². The number of hydrogen-bond donors (Lipinski definition) is 2. The number of hydrogen-bond acceptors (Lipinski definition) is 3. The Hall–Kier alpha value is -0.610. The second-order valence-corrected chi connectivity index (χ2v) is 5.08. The molecule has 0 aliphatic carbocycles. The molecular formula is C13H26N2O2. The van der Waals surface area contributed by atoms with Gasteiger partial charge in [-0.1, -0.05) is 13.8 Å². The van der Waals surface area contributed by atoms with E-state index >= 15 is 0 Å². The van der Waals surface area contributed by atoms with Gasteiger partial charge in [0.25, 0.3) is 0 Å². The van der Waals surface area contributed by atoms with Gasteiger partial charge < -0.3 is 15.4 Å². The van der Waals surface area contributed by atoms with Crippen LogP contribution in [0.5, 0.6) is 0 Å². The van der Waals surface area contributed by atoms with Crippen molar-refractivity contribution in [2.45, 2.75) is 58.0 Å². The second-order valence-electron chi connectivity index (χ2n) is 5.08. The lowest BCUT2D eigenvalue weighted by Gasteiger charge is -2.29. The summed E-state index contributed by atoms with van der Waals surface area (Å²) in [4.78, 5) is 11.8. The van der Waals surface area contributed by atoms with E-state index in [1.807, 2.05) is 0 Å². The molecule has 1 aliphatic heterocycles. The van der Waals surface area contributed by atoms with Crippen LogP contribution >= 0.6 is 0 Å². The quantitative estimate of drug-likeness (QED) is 0.741. The Labute approximate surface area is 104 Å². The van der Waals surface area contributed by atoms with Crippen molar-refractivity contribution in [3.8, 4) is 0 Å². The van der Waals surface area contributed by atoms with Crippen molar-refractivity contribution < 1.29 is 9.53 Å². The molecule has 0 unspecified atom stereocenters. The fourth-order valence-corrected chi connectivity index (χ4v) is 1.91. The molecule has 1 saturated heterocycles. The van der Waals surface area contributed by atoms with Gasteiger partial charge in [-0.05, 0) is 32.6 Å². The Kier molecular flexibility index (Phi) is 5.92. The van der Waals surface area contributed by atoms with Crippen molar-refractivity contribution in [2.75, 3.05) is 19.8 Å². The smallest absolute Gasteiger partial charge is 0.234 e. The van der Waals surface area contributed by atoms with Crippen LogP contribution in [0.1, 0.15) is 46.5 Å². The first-order valence-electron chi connectivity index (χ1n) is 6.72. The third kappa shape index (κ3) is 5.04. The van der Waals surface area contributed by atoms with Gasteiger partial charge in [-0.15, -0.1) is 0 Å². The Morgan fingerprint density at radius 2 is 1.88 bits per heavy atom. The van der Waals surface area contributed by atoms with Gasteiger partial charge >= 0.3 is 0 Å². The van der Waals surface area contributed by atoms with Crippen LogP contribution in [0.2, 0.25) is 0 Å². The first-order valence-corrected chi connectivity index (χ1v) is 6.72. The zero-order valence-electron chi connectivity index (χ0n) is 11.3. The summed E-state index contributed by atoms with van der Waals surface area (Å²) in [6, 6.07) is 0.299. The predicted molar refractivity (Wildman–Crippen MR) is 69.0 cm³/mol. The van der Waals surface area contributed by atoms with Crippen LogP contribution in [0.25, 0.3) is 0 Å². The van der Waals surface area contributed by atoms with Gasteiger partial charge in [0.1, 0.15) is 0 Å². The summed E-state index contributed by atoms with van der Waals surface area (Å²) in [5, 5.41) is 6.40. The molecule has 100 valence electrons. The molecule has 0 spiro atoms. The fourth-order valence-electron chi connectivity index (χ4n) is 1.91. The van der Waals surface area contributed by atoms with Crippen LogP contribution < -0.4 is 10.6 Å². The maximum Gasteiger partial charge on any atom is 0.234 e. The average molecular weight is 242 g/mol. The number of rotatable bonds is 6. The molecule has 17 heavy (non-hydrogen) atoms. The fraction of sp³-hybridized carbons (Fsp3) is 0.923. The lowest BCUT2D eigenvalue weighted by Crippen LogP contribution is -2.49. The molecule has 1 heterocycles. The van der Waals surface area contributed by atoms with Crippen molar-refractivity contribution in [3.63, 3.8) is 0 Å². The summed E-state index contributed by atoms with van der Waals surface area (Å²) in [5.41, 5.74) is 0.0764. The van der Waals surface area contributed by atoms with Crippen molar-refractivity contribution >= 4 is 5.91 Å². The molecule has 0 aromatic heterocycles. The van der Waals surface area contributed by atoms with E-state index in [1.54, 1.807) is 0 Å². The molecule has 0 radical (unpaired) electrons. The maximum atomic E-state index is 11.8. The van der Waals surface area contributed by atoms with E-state index in [9.17, 15) is 4.79 Å². The van der Waals surface area contributed by atoms with Crippen molar-refractivity contribution in [1.29, 1.82) is 0 Å².